The second-order valence-electron chi connectivity index (χ2n) is 16.4. The van der Waals surface area contributed by atoms with E-state index in [1.165, 1.54) is 26.0 Å². The fourth-order valence-corrected chi connectivity index (χ4v) is 8.38. The predicted molar refractivity (Wildman–Crippen MR) is 300 cm³/mol. The Balaban J connectivity index is -0.00000544. The number of ketones is 1. The van der Waals surface area contributed by atoms with Crippen LogP contribution in [0.25, 0.3) is 5.76 Å². The van der Waals surface area contributed by atoms with E-state index in [1.54, 1.807) is 0 Å². The number of benzene rings is 1. The minimum Gasteiger partial charge on any atom is -0.511 e. The predicted octanol–water partition coefficient (Wildman–Crippen LogP) is -4.24. The standard InChI is InChI=1S/C40H53NO23.9H2S/c1-11-23(41-16-5-14(9-42)25(48)30(53)26(16)49)28(51)32(55)39(59-11)63-36-21(10-58-38-33(56)29(52)24(47)12(2)60-38)62-40(34(57)31(36)54)64-37-27(50)22-19(46)7-15(43)8-20(22)61-35(37)13-3-4-17(44)18(45)6-13;;;;;;;;;/h3-8,11-12,16,20-26,28-34,36,38-49,51-57H,9-10H2,1-2H3;9*1H2/t11-,12+,16?,20?,21?,22?,23?,24?,25?,26+,28+,29-,30?,31?,32?,33-,34-,36-,38?,39-,40?;;;;;;;;;/m1........./s1. The van der Waals surface area contributed by atoms with Gasteiger partial charge in [0, 0.05) is 11.6 Å². The molecule has 3 fully saturated rings. The van der Waals surface area contributed by atoms with Crippen LogP contribution >= 0.6 is 121 Å². The summed E-state index contributed by atoms with van der Waals surface area (Å²) in [6.07, 6.45) is -27.3. The second-order valence-corrected chi connectivity index (χ2v) is 16.4. The van der Waals surface area contributed by atoms with Gasteiger partial charge in [-0.3, -0.25) is 4.79 Å². The van der Waals surface area contributed by atoms with Crippen molar-refractivity contribution in [2.75, 3.05) is 13.2 Å². The van der Waals surface area contributed by atoms with Gasteiger partial charge in [-0.05, 0) is 43.7 Å². The van der Waals surface area contributed by atoms with E-state index in [2.05, 4.69) is 5.32 Å². The Kier molecular flexibility index (Phi) is 33.1. The van der Waals surface area contributed by atoms with E-state index in [-0.39, 0.29) is 133 Å². The van der Waals surface area contributed by atoms with E-state index in [1.807, 2.05) is 0 Å². The first-order chi connectivity index (χ1) is 30.2. The number of phenolic OH excluding ortho intramolecular Hbond substituents is 2. The van der Waals surface area contributed by atoms with E-state index < -0.39 is 182 Å². The minimum absolute atomic E-state index is 0. The largest absolute Gasteiger partial charge is 0.511 e. The molecule has 6 aliphatic rings. The third-order valence-electron chi connectivity index (χ3n) is 12.1. The average Bonchev–Trinajstić information content (AvgIpc) is 3.25. The molecule has 1 aromatic rings. The van der Waals surface area contributed by atoms with Crippen molar-refractivity contribution in [1.29, 1.82) is 0 Å². The Labute approximate surface area is 481 Å². The summed E-state index contributed by atoms with van der Waals surface area (Å²) in [5.41, 5.74) is -0.106. The Morgan fingerprint density at radius 1 is 0.630 bits per heavy atom. The fraction of sp³-hybridized carbons (Fsp3) is 0.625. The first-order valence-electron chi connectivity index (χ1n) is 20.3. The molecule has 24 nitrogen and oxygen atoms in total. The summed E-state index contributed by atoms with van der Waals surface area (Å²) in [7, 11) is 0. The van der Waals surface area contributed by atoms with Crippen LogP contribution in [-0.2, 0) is 38.0 Å². The molecule has 0 bridgehead atoms. The van der Waals surface area contributed by atoms with Gasteiger partial charge in [0.1, 0.15) is 96.8 Å². The summed E-state index contributed by atoms with van der Waals surface area (Å²) in [6.45, 7) is 1.38. The zero-order valence-corrected chi connectivity index (χ0v) is 47.5. The minimum atomic E-state index is -2.17. The number of carbonyl (C=O) groups excluding carboxylic acids is 1. The number of hydrogen-bond donors (Lipinski definition) is 16. The number of aliphatic hydroxyl groups is 13. The molecule has 7 rings (SSSR count). The highest BCUT2D eigenvalue weighted by molar-refractivity contribution is 7.60. The van der Waals surface area contributed by atoms with Gasteiger partial charge in [0.2, 0.25) is 17.8 Å². The lowest BCUT2D eigenvalue weighted by Crippen LogP contribution is -2.68. The van der Waals surface area contributed by atoms with Gasteiger partial charge < -0.3 is 115 Å². The van der Waals surface area contributed by atoms with E-state index in [0.717, 1.165) is 24.3 Å². The number of aromatic hydroxyl groups is 2. The molecule has 33 heteroatoms. The molecular formula is C40H71NO23S9. The van der Waals surface area contributed by atoms with E-state index in [0.29, 0.717) is 0 Å². The van der Waals surface area contributed by atoms with Gasteiger partial charge in [-0.15, -0.1) is 0 Å². The highest BCUT2D eigenvalue weighted by Crippen LogP contribution is 2.42. The van der Waals surface area contributed by atoms with Crippen LogP contribution in [0.15, 0.2) is 59.3 Å². The van der Waals surface area contributed by atoms with Crippen LogP contribution in [0.2, 0.25) is 0 Å². The maximum atomic E-state index is 14.1. The highest BCUT2D eigenvalue weighted by atomic mass is 32.1. The zero-order chi connectivity index (χ0) is 46.6. The summed E-state index contributed by atoms with van der Waals surface area (Å²) in [4.78, 5) is 14.1. The molecule has 0 aromatic heterocycles. The second kappa shape index (κ2) is 31.6. The smallest absolute Gasteiger partial charge is 0.229 e. The molecule has 0 radical (unpaired) electrons. The molecule has 0 amide bonds. The van der Waals surface area contributed by atoms with Gasteiger partial charge in [-0.25, -0.2) is 0 Å². The summed E-state index contributed by atoms with van der Waals surface area (Å²) in [5.74, 6) is -5.97. The van der Waals surface area contributed by atoms with Crippen LogP contribution < -0.4 is 5.32 Å². The molecule has 12 unspecified atom stereocenters. The number of nitrogens with one attached hydrogen (secondary N) is 1. The Bertz CT molecular complexity index is 2030. The molecule has 3 saturated heterocycles. The third-order valence-corrected chi connectivity index (χ3v) is 12.1. The average molecular weight is 1220 g/mol. The van der Waals surface area contributed by atoms with E-state index in [4.69, 9.17) is 33.2 Å². The number of ether oxygens (including phenoxy) is 7. The van der Waals surface area contributed by atoms with Crippen LogP contribution in [-0.4, -0.2) is 218 Å². The Hall–Kier alpha value is -0.880. The third kappa shape index (κ3) is 15.7. The maximum absolute atomic E-state index is 14.1. The Morgan fingerprint density at radius 3 is 1.82 bits per heavy atom. The monoisotopic (exact) mass is 1220 g/mol. The number of fused-ring (bicyclic) bond motifs is 1. The van der Waals surface area contributed by atoms with Gasteiger partial charge in [-0.1, -0.05) is 6.08 Å². The van der Waals surface area contributed by atoms with Gasteiger partial charge in [0.25, 0.3) is 0 Å². The van der Waals surface area contributed by atoms with Crippen LogP contribution in [0.4, 0.5) is 0 Å². The van der Waals surface area contributed by atoms with Crippen molar-refractivity contribution in [3.8, 4) is 11.5 Å². The van der Waals surface area contributed by atoms with Crippen molar-refractivity contribution in [3.05, 3.63) is 64.8 Å². The molecule has 0 saturated carbocycles. The number of carbonyl (C=O) groups is 1. The van der Waals surface area contributed by atoms with Gasteiger partial charge in [0.15, 0.2) is 29.8 Å². The summed E-state index contributed by atoms with van der Waals surface area (Å²) >= 11 is 0. The van der Waals surface area contributed by atoms with Crippen LogP contribution in [0, 0.1) is 5.92 Å². The first kappa shape index (κ1) is 76.4. The molecule has 16 N–H and O–H groups in total. The van der Waals surface area contributed by atoms with Crippen LogP contribution in [0.5, 0.6) is 11.5 Å². The Morgan fingerprint density at radius 2 is 1.22 bits per heavy atom. The molecular weight excluding hydrogens is 1150 g/mol. The highest BCUT2D eigenvalue weighted by Gasteiger charge is 2.54. The summed E-state index contributed by atoms with van der Waals surface area (Å²) < 4.78 is 41.1. The van der Waals surface area contributed by atoms with Gasteiger partial charge in [-0.2, -0.15) is 121 Å². The zero-order valence-electron chi connectivity index (χ0n) is 38.5. The SMILES string of the molecule is C[C@@H]1OC(OCC2OC(OC3=C(c4ccc(O)c(O)c4)OC4C=C(O)C=C(O)C4C3=O)[C@H](O)C(O)[C@@H]2O[C@H]2O[C@H](C)C(NC3C=C(CO)C(O)C(O)[C@H]3O)[C@H](O)C2O)[C@H](O)[C@H](O)C1O.S.S.S.S.S.S.S.S.S. The summed E-state index contributed by atoms with van der Waals surface area (Å²) in [5, 5.41) is 162. The lowest BCUT2D eigenvalue weighted by molar-refractivity contribution is -0.356. The van der Waals surface area contributed by atoms with Crippen LogP contribution in [0.1, 0.15) is 19.4 Å². The number of Topliss-reactive ketones (excluding diaryl/α,β-unsaturated/α-hetero) is 1. The number of rotatable bonds is 11. The number of hydrogen-bond acceptors (Lipinski definition) is 24. The first-order valence-corrected chi connectivity index (χ1v) is 20.3. The molecule has 21 atom stereocenters. The number of phenols is 2. The summed E-state index contributed by atoms with van der Waals surface area (Å²) in [6, 6.07) is 0.905. The van der Waals surface area contributed by atoms with Crippen molar-refractivity contribution >= 4 is 133 Å². The fourth-order valence-electron chi connectivity index (χ4n) is 8.38. The number of aliphatic hydroxyl groups excluding tert-OH is 13. The van der Waals surface area contributed by atoms with Crippen molar-refractivity contribution in [2.24, 2.45) is 5.92 Å². The van der Waals surface area contributed by atoms with Crippen LogP contribution in [0.3, 0.4) is 0 Å². The molecule has 73 heavy (non-hydrogen) atoms. The topological polar surface area (TPSA) is 397 Å². The number of allylic oxidation sites excluding steroid dienone is 2. The van der Waals surface area contributed by atoms with Gasteiger partial charge >= 0.3 is 0 Å². The van der Waals surface area contributed by atoms with Gasteiger partial charge in [0.05, 0.1) is 37.5 Å². The normalized spacial score (nSPS) is 38.6. The molecule has 428 valence electrons. The van der Waals surface area contributed by atoms with Crippen molar-refractivity contribution in [1.82, 2.24) is 5.32 Å². The quantitative estimate of drug-likeness (QED) is 0.0737. The maximum Gasteiger partial charge on any atom is 0.229 e. The molecule has 0 spiro atoms. The van der Waals surface area contributed by atoms with E-state index >= 15 is 0 Å². The van der Waals surface area contributed by atoms with Crippen molar-refractivity contribution in [3.63, 3.8) is 0 Å². The van der Waals surface area contributed by atoms with E-state index in [9.17, 15) is 81.4 Å². The molecule has 4 heterocycles. The van der Waals surface area contributed by atoms with Crippen molar-refractivity contribution < 1.29 is 115 Å². The lowest BCUT2D eigenvalue weighted by Gasteiger charge is -2.48. The van der Waals surface area contributed by atoms with Crippen molar-refractivity contribution in [2.45, 2.75) is 136 Å². The molecule has 1 aromatic carbocycles. The lowest BCUT2D eigenvalue weighted by atomic mass is 9.86. The molecule has 4 aliphatic heterocycles. The molecule has 2 aliphatic carbocycles.